The van der Waals surface area contributed by atoms with Crippen LogP contribution in [0.25, 0.3) is 0 Å². The van der Waals surface area contributed by atoms with Crippen molar-refractivity contribution in [2.24, 2.45) is 5.92 Å². The fourth-order valence-corrected chi connectivity index (χ4v) is 2.08. The smallest absolute Gasteiger partial charge is 0.240 e. The highest BCUT2D eigenvalue weighted by Gasteiger charge is 2.33. The Morgan fingerprint density at radius 3 is 2.81 bits per heavy atom. The van der Waals surface area contributed by atoms with Crippen LogP contribution in [0.1, 0.15) is 19.3 Å². The van der Waals surface area contributed by atoms with Gasteiger partial charge in [0.2, 0.25) is 5.91 Å². The number of aliphatic hydroxyl groups is 1. The van der Waals surface area contributed by atoms with Gasteiger partial charge < -0.3 is 15.3 Å². The maximum Gasteiger partial charge on any atom is 0.240 e. The second kappa shape index (κ2) is 4.86. The molecule has 2 atom stereocenters. The number of amides is 1. The van der Waals surface area contributed by atoms with Crippen molar-refractivity contribution in [2.45, 2.75) is 31.4 Å². The Labute approximate surface area is 96.0 Å². The number of rotatable bonds is 4. The van der Waals surface area contributed by atoms with Gasteiger partial charge in [-0.1, -0.05) is 5.92 Å². The molecular formula is C12H18N2O2. The average Bonchev–Trinajstić information content (AvgIpc) is 2.97. The van der Waals surface area contributed by atoms with Crippen LogP contribution < -0.4 is 5.32 Å². The molecule has 0 spiro atoms. The Kier molecular flexibility index (Phi) is 3.47. The lowest BCUT2D eigenvalue weighted by molar-refractivity contribution is -0.132. The molecular weight excluding hydrogens is 204 g/mol. The molecule has 0 radical (unpaired) electrons. The number of hydrogen-bond acceptors (Lipinski definition) is 3. The van der Waals surface area contributed by atoms with Gasteiger partial charge in [-0.25, -0.2) is 0 Å². The molecule has 2 N–H and O–H groups in total. The first-order chi connectivity index (χ1) is 7.70. The minimum Gasteiger partial charge on any atom is -0.392 e. The van der Waals surface area contributed by atoms with Crippen LogP contribution in [0.2, 0.25) is 0 Å². The van der Waals surface area contributed by atoms with E-state index in [9.17, 15) is 9.90 Å². The fourth-order valence-electron chi connectivity index (χ4n) is 2.08. The maximum absolute atomic E-state index is 12.1. The van der Waals surface area contributed by atoms with Crippen LogP contribution in [0.15, 0.2) is 0 Å². The van der Waals surface area contributed by atoms with Gasteiger partial charge in [-0.15, -0.1) is 6.42 Å². The fraction of sp³-hybridized carbons (Fsp3) is 0.750. The Morgan fingerprint density at radius 1 is 1.56 bits per heavy atom. The molecule has 0 bridgehead atoms. The predicted octanol–water partition coefficient (Wildman–Crippen LogP) is -0.419. The van der Waals surface area contributed by atoms with Crippen LogP contribution in [0.4, 0.5) is 0 Å². The monoisotopic (exact) mass is 222 g/mol. The summed E-state index contributed by atoms with van der Waals surface area (Å²) in [6.45, 7) is 1.66. The number of carbonyl (C=O) groups excluding carboxylic acids is 1. The number of nitrogens with zero attached hydrogens (tertiary/aromatic N) is 1. The Morgan fingerprint density at radius 2 is 2.31 bits per heavy atom. The van der Waals surface area contributed by atoms with Crippen molar-refractivity contribution >= 4 is 5.91 Å². The lowest BCUT2D eigenvalue weighted by Crippen LogP contribution is -2.44. The largest absolute Gasteiger partial charge is 0.392 e. The van der Waals surface area contributed by atoms with Crippen LogP contribution in [0.3, 0.4) is 0 Å². The van der Waals surface area contributed by atoms with Crippen LogP contribution in [-0.2, 0) is 4.79 Å². The molecule has 2 rings (SSSR count). The van der Waals surface area contributed by atoms with Gasteiger partial charge in [0.1, 0.15) is 0 Å². The van der Waals surface area contributed by atoms with E-state index in [4.69, 9.17) is 6.42 Å². The minimum absolute atomic E-state index is 0.0430. The van der Waals surface area contributed by atoms with E-state index >= 15 is 0 Å². The number of aliphatic hydroxyl groups excluding tert-OH is 1. The first kappa shape index (κ1) is 11.4. The quantitative estimate of drug-likeness (QED) is 0.635. The number of nitrogens with one attached hydrogen (secondary N) is 1. The van der Waals surface area contributed by atoms with E-state index in [1.807, 2.05) is 0 Å². The van der Waals surface area contributed by atoms with Crippen molar-refractivity contribution in [1.82, 2.24) is 10.2 Å². The molecule has 0 aromatic heterocycles. The zero-order chi connectivity index (χ0) is 11.5. The Hall–Kier alpha value is -1.05. The molecule has 4 heteroatoms. The molecule has 4 nitrogen and oxygen atoms in total. The first-order valence-electron chi connectivity index (χ1n) is 5.84. The van der Waals surface area contributed by atoms with Gasteiger partial charge in [0, 0.05) is 13.1 Å². The van der Waals surface area contributed by atoms with Gasteiger partial charge in [-0.05, 0) is 25.2 Å². The van der Waals surface area contributed by atoms with Gasteiger partial charge in [0.25, 0.3) is 0 Å². The van der Waals surface area contributed by atoms with Crippen molar-refractivity contribution in [3.8, 4) is 12.3 Å². The highest BCUT2D eigenvalue weighted by molar-refractivity contribution is 5.82. The van der Waals surface area contributed by atoms with Gasteiger partial charge in [-0.3, -0.25) is 4.79 Å². The van der Waals surface area contributed by atoms with E-state index < -0.39 is 6.10 Å². The third-order valence-corrected chi connectivity index (χ3v) is 3.18. The molecule has 2 aliphatic rings. The molecule has 1 saturated heterocycles. The van der Waals surface area contributed by atoms with Crippen LogP contribution >= 0.6 is 0 Å². The van der Waals surface area contributed by atoms with Gasteiger partial charge >= 0.3 is 0 Å². The third kappa shape index (κ3) is 2.75. The molecule has 1 heterocycles. The molecule has 1 amide bonds. The summed E-state index contributed by atoms with van der Waals surface area (Å²) in [7, 11) is 0. The normalized spacial score (nSPS) is 28.8. The molecule has 88 valence electrons. The van der Waals surface area contributed by atoms with Gasteiger partial charge in [0.15, 0.2) is 0 Å². The van der Waals surface area contributed by atoms with Crippen molar-refractivity contribution in [2.75, 3.05) is 19.6 Å². The lowest BCUT2D eigenvalue weighted by atomic mass is 10.1. The number of β-amino-alcohol motifs (C(OH)–C–C–N with tert-alkyl or cyclic N) is 1. The molecule has 2 unspecified atom stereocenters. The summed E-state index contributed by atoms with van der Waals surface area (Å²) in [6.07, 6.45) is 7.79. The first-order valence-corrected chi connectivity index (χ1v) is 5.84. The van der Waals surface area contributed by atoms with E-state index in [1.165, 1.54) is 12.8 Å². The second-order valence-electron chi connectivity index (χ2n) is 4.72. The summed E-state index contributed by atoms with van der Waals surface area (Å²) in [4.78, 5) is 13.8. The highest BCUT2D eigenvalue weighted by Crippen LogP contribution is 2.30. The van der Waals surface area contributed by atoms with Crippen molar-refractivity contribution < 1.29 is 9.90 Å². The summed E-state index contributed by atoms with van der Waals surface area (Å²) >= 11 is 0. The van der Waals surface area contributed by atoms with Crippen LogP contribution in [0, 0.1) is 18.3 Å². The van der Waals surface area contributed by atoms with Gasteiger partial charge in [-0.2, -0.15) is 0 Å². The van der Waals surface area contributed by atoms with Crippen molar-refractivity contribution in [3.05, 3.63) is 0 Å². The standard InChI is InChI=1S/C12H18N2O2/c1-2-5-14(8-9-3-4-9)12(16)11-6-10(15)7-13-11/h1,9-11,13,15H,3-8H2. The van der Waals surface area contributed by atoms with E-state index in [0.717, 1.165) is 6.54 Å². The minimum atomic E-state index is -0.400. The van der Waals surface area contributed by atoms with E-state index in [2.05, 4.69) is 11.2 Å². The Bertz CT molecular complexity index is 307. The highest BCUT2D eigenvalue weighted by atomic mass is 16.3. The average molecular weight is 222 g/mol. The maximum atomic E-state index is 12.1. The zero-order valence-corrected chi connectivity index (χ0v) is 9.35. The van der Waals surface area contributed by atoms with Crippen LogP contribution in [-0.4, -0.2) is 47.7 Å². The van der Waals surface area contributed by atoms with E-state index in [-0.39, 0.29) is 11.9 Å². The summed E-state index contributed by atoms with van der Waals surface area (Å²) in [5.74, 6) is 3.22. The molecule has 0 aromatic carbocycles. The molecule has 16 heavy (non-hydrogen) atoms. The molecule has 1 saturated carbocycles. The summed E-state index contributed by atoms with van der Waals surface area (Å²) in [5.41, 5.74) is 0. The molecule has 1 aliphatic heterocycles. The van der Waals surface area contributed by atoms with Crippen LogP contribution in [0.5, 0.6) is 0 Å². The predicted molar refractivity (Wildman–Crippen MR) is 60.6 cm³/mol. The Balaban J connectivity index is 1.90. The van der Waals surface area contributed by atoms with Crippen molar-refractivity contribution in [1.29, 1.82) is 0 Å². The second-order valence-corrected chi connectivity index (χ2v) is 4.72. The SMILES string of the molecule is C#CCN(CC1CC1)C(=O)C1CC(O)CN1. The zero-order valence-electron chi connectivity index (χ0n) is 9.35. The molecule has 1 aliphatic carbocycles. The van der Waals surface area contributed by atoms with Crippen molar-refractivity contribution in [3.63, 3.8) is 0 Å². The number of terminal acetylenes is 1. The van der Waals surface area contributed by atoms with E-state index in [0.29, 0.717) is 25.4 Å². The summed E-state index contributed by atoms with van der Waals surface area (Å²) in [6, 6.07) is -0.248. The molecule has 2 fully saturated rings. The number of carbonyl (C=O) groups is 1. The number of hydrogen-bond donors (Lipinski definition) is 2. The van der Waals surface area contributed by atoms with E-state index in [1.54, 1.807) is 4.90 Å². The topological polar surface area (TPSA) is 52.6 Å². The third-order valence-electron chi connectivity index (χ3n) is 3.18. The lowest BCUT2D eigenvalue weighted by Gasteiger charge is -2.23. The molecule has 0 aromatic rings. The summed E-state index contributed by atoms with van der Waals surface area (Å²) < 4.78 is 0. The summed E-state index contributed by atoms with van der Waals surface area (Å²) in [5, 5.41) is 12.4. The van der Waals surface area contributed by atoms with Gasteiger partial charge in [0.05, 0.1) is 18.7 Å².